The van der Waals surface area contributed by atoms with Gasteiger partial charge in [0.2, 0.25) is 0 Å². The molecule has 3 rings (SSSR count). The number of aromatic nitrogens is 1. The molecule has 0 saturated heterocycles. The molecule has 0 amide bonds. The molecule has 1 heterocycles. The largest absolute Gasteiger partial charge is 0.495 e. The molecule has 33 heavy (non-hydrogen) atoms. The lowest BCUT2D eigenvalue weighted by Gasteiger charge is -2.12. The summed E-state index contributed by atoms with van der Waals surface area (Å²) in [7, 11) is -6.92. The highest BCUT2D eigenvalue weighted by atomic mass is 32.2. The summed E-state index contributed by atoms with van der Waals surface area (Å²) in [4.78, 5) is 14.9. The molecule has 0 atom stereocenters. The average Bonchev–Trinajstić information content (AvgIpc) is 2.76. The third-order valence-electron chi connectivity index (χ3n) is 4.55. The second-order valence-electron chi connectivity index (χ2n) is 6.61. The third-order valence-corrected chi connectivity index (χ3v) is 6.30. The highest BCUT2D eigenvalue weighted by Crippen LogP contribution is 2.33. The molecule has 3 N–H and O–H groups in total. The minimum atomic E-state index is -4.67. The van der Waals surface area contributed by atoms with Crippen LogP contribution in [0.4, 0.5) is 0 Å². The second-order valence-corrected chi connectivity index (χ2v) is 9.39. The third kappa shape index (κ3) is 5.12. The predicted octanol–water partition coefficient (Wildman–Crippen LogP) is 2.62. The maximum Gasteiger partial charge on any atom is 0.335 e. The van der Waals surface area contributed by atoms with Crippen LogP contribution in [0.2, 0.25) is 0 Å². The zero-order valence-corrected chi connectivity index (χ0v) is 18.7. The topological polar surface area (TPSA) is 177 Å². The van der Waals surface area contributed by atoms with Gasteiger partial charge in [-0.15, -0.1) is 0 Å². The lowest BCUT2D eigenvalue weighted by Crippen LogP contribution is -2.04. The SMILES string of the molecule is COc1ccc(-c2cc(C(=O)O)cc(-c3ccc(OC)c(S(=O)(=O)O)c3)n2)cc1S(=O)(=O)O. The first-order chi connectivity index (χ1) is 15.3. The quantitative estimate of drug-likeness (QED) is 0.410. The summed E-state index contributed by atoms with van der Waals surface area (Å²) in [5.74, 6) is -1.60. The molecule has 0 unspecified atom stereocenters. The van der Waals surface area contributed by atoms with E-state index in [4.69, 9.17) is 9.47 Å². The van der Waals surface area contributed by atoms with E-state index in [9.17, 15) is 35.8 Å². The van der Waals surface area contributed by atoms with E-state index in [1.807, 2.05) is 0 Å². The minimum Gasteiger partial charge on any atom is -0.495 e. The van der Waals surface area contributed by atoms with Gasteiger partial charge in [0, 0.05) is 11.1 Å². The Labute approximate surface area is 188 Å². The van der Waals surface area contributed by atoms with E-state index in [2.05, 4.69) is 4.98 Å². The monoisotopic (exact) mass is 495 g/mol. The number of rotatable bonds is 7. The van der Waals surface area contributed by atoms with Crippen molar-refractivity contribution in [3.8, 4) is 34.0 Å². The van der Waals surface area contributed by atoms with Gasteiger partial charge in [-0.1, -0.05) is 0 Å². The van der Waals surface area contributed by atoms with Crippen molar-refractivity contribution in [3.05, 3.63) is 54.1 Å². The Morgan fingerprint density at radius 1 is 0.758 bits per heavy atom. The van der Waals surface area contributed by atoms with Gasteiger partial charge in [-0.2, -0.15) is 16.8 Å². The van der Waals surface area contributed by atoms with E-state index < -0.39 is 36.0 Å². The number of hydrogen-bond acceptors (Lipinski definition) is 8. The Morgan fingerprint density at radius 3 is 1.45 bits per heavy atom. The van der Waals surface area contributed by atoms with E-state index in [-0.39, 0.29) is 39.6 Å². The van der Waals surface area contributed by atoms with Gasteiger partial charge in [-0.05, 0) is 48.5 Å². The van der Waals surface area contributed by atoms with Crippen molar-refractivity contribution in [2.75, 3.05) is 14.2 Å². The molecule has 174 valence electrons. The number of carboxylic acids is 1. The summed E-state index contributed by atoms with van der Waals surface area (Å²) < 4.78 is 75.7. The van der Waals surface area contributed by atoms with Gasteiger partial charge in [0.15, 0.2) is 0 Å². The van der Waals surface area contributed by atoms with E-state index in [1.54, 1.807) is 0 Å². The standard InChI is InChI=1S/C20H17NO10S2/c1-30-16-5-3-11(9-18(16)32(24,25)26)14-7-13(20(22)23)8-15(21-14)12-4-6-17(31-2)19(10-12)33(27,28)29/h3-10H,1-2H3,(H,22,23)(H,24,25,26)(H,27,28,29). The maximum absolute atomic E-state index is 11.7. The highest BCUT2D eigenvalue weighted by molar-refractivity contribution is 7.86. The predicted molar refractivity (Wildman–Crippen MR) is 115 cm³/mol. The van der Waals surface area contributed by atoms with Gasteiger partial charge in [0.1, 0.15) is 21.3 Å². The lowest BCUT2D eigenvalue weighted by atomic mass is 10.0. The van der Waals surface area contributed by atoms with Crippen molar-refractivity contribution in [3.63, 3.8) is 0 Å². The fraction of sp³-hybridized carbons (Fsp3) is 0.100. The van der Waals surface area contributed by atoms with Crippen LogP contribution in [-0.2, 0) is 20.2 Å². The van der Waals surface area contributed by atoms with Gasteiger partial charge in [0.25, 0.3) is 20.2 Å². The molecule has 3 aromatic rings. The fourth-order valence-corrected chi connectivity index (χ4v) is 4.39. The van der Waals surface area contributed by atoms with Crippen LogP contribution in [0, 0.1) is 0 Å². The number of methoxy groups -OCH3 is 2. The number of pyridine rings is 1. The molecule has 0 bridgehead atoms. The minimum absolute atomic E-state index is 0.0154. The average molecular weight is 495 g/mol. The molecule has 0 radical (unpaired) electrons. The first-order valence-corrected chi connectivity index (χ1v) is 11.8. The van der Waals surface area contributed by atoms with Crippen molar-refractivity contribution in [2.45, 2.75) is 9.79 Å². The molecule has 0 aliphatic rings. The Morgan fingerprint density at radius 2 is 1.15 bits per heavy atom. The molecular formula is C20H17NO10S2. The summed E-state index contributed by atoms with van der Waals surface area (Å²) in [6, 6.07) is 9.80. The lowest BCUT2D eigenvalue weighted by molar-refractivity contribution is 0.0696. The first-order valence-electron chi connectivity index (χ1n) is 8.92. The molecule has 0 aliphatic carbocycles. The van der Waals surface area contributed by atoms with Gasteiger partial charge in [0.05, 0.1) is 31.2 Å². The summed E-state index contributed by atoms with van der Waals surface area (Å²) >= 11 is 0. The van der Waals surface area contributed by atoms with E-state index in [0.717, 1.165) is 12.1 Å². The van der Waals surface area contributed by atoms with Crippen LogP contribution in [0.25, 0.3) is 22.5 Å². The number of carbonyl (C=O) groups is 1. The fourth-order valence-electron chi connectivity index (χ4n) is 3.03. The number of carboxylic acid groups (broad SMARTS) is 1. The summed E-state index contributed by atoms with van der Waals surface area (Å²) in [6.07, 6.45) is 0. The Kier molecular flexibility index (Phi) is 6.42. The van der Waals surface area contributed by atoms with Gasteiger partial charge >= 0.3 is 5.97 Å². The van der Waals surface area contributed by atoms with Gasteiger partial charge in [-0.3, -0.25) is 9.11 Å². The van der Waals surface area contributed by atoms with Crippen LogP contribution in [0.3, 0.4) is 0 Å². The Hall–Kier alpha value is -3.52. The van der Waals surface area contributed by atoms with Crippen molar-refractivity contribution in [2.24, 2.45) is 0 Å². The molecule has 0 aliphatic heterocycles. The molecule has 0 saturated carbocycles. The molecule has 2 aromatic carbocycles. The maximum atomic E-state index is 11.7. The summed E-state index contributed by atoms with van der Waals surface area (Å²) in [6.45, 7) is 0. The van der Waals surface area contributed by atoms with E-state index in [1.165, 1.54) is 50.6 Å². The molecule has 13 heteroatoms. The van der Waals surface area contributed by atoms with E-state index >= 15 is 0 Å². The molecule has 11 nitrogen and oxygen atoms in total. The summed E-state index contributed by atoms with van der Waals surface area (Å²) in [5, 5.41) is 9.52. The van der Waals surface area contributed by atoms with Crippen molar-refractivity contribution >= 4 is 26.2 Å². The number of ether oxygens (including phenoxy) is 2. The molecule has 0 fully saturated rings. The summed E-state index contributed by atoms with van der Waals surface area (Å²) in [5.41, 5.74) is 0.0689. The molecule has 1 aromatic heterocycles. The van der Waals surface area contributed by atoms with Crippen LogP contribution in [-0.4, -0.2) is 56.2 Å². The molecule has 0 spiro atoms. The number of benzene rings is 2. The molecular weight excluding hydrogens is 478 g/mol. The number of hydrogen-bond donors (Lipinski definition) is 3. The van der Waals surface area contributed by atoms with Crippen molar-refractivity contribution in [1.82, 2.24) is 4.98 Å². The van der Waals surface area contributed by atoms with Gasteiger partial charge < -0.3 is 14.6 Å². The Bertz CT molecular complexity index is 1360. The van der Waals surface area contributed by atoms with Crippen molar-refractivity contribution in [1.29, 1.82) is 0 Å². The van der Waals surface area contributed by atoms with Crippen LogP contribution < -0.4 is 9.47 Å². The van der Waals surface area contributed by atoms with E-state index in [0.29, 0.717) is 0 Å². The first kappa shape index (κ1) is 24.1. The Balaban J connectivity index is 2.27. The normalized spacial score (nSPS) is 11.8. The number of nitrogens with zero attached hydrogens (tertiary/aromatic N) is 1. The number of aromatic carboxylic acids is 1. The second kappa shape index (κ2) is 8.78. The zero-order valence-electron chi connectivity index (χ0n) is 17.1. The van der Waals surface area contributed by atoms with Crippen LogP contribution in [0.15, 0.2) is 58.3 Å². The highest BCUT2D eigenvalue weighted by Gasteiger charge is 2.21. The van der Waals surface area contributed by atoms with Crippen molar-refractivity contribution < 1.29 is 45.3 Å². The smallest absolute Gasteiger partial charge is 0.335 e. The van der Waals surface area contributed by atoms with Crippen LogP contribution >= 0.6 is 0 Å². The zero-order chi connectivity index (χ0) is 24.6. The van der Waals surface area contributed by atoms with Crippen LogP contribution in [0.1, 0.15) is 10.4 Å². The van der Waals surface area contributed by atoms with Gasteiger partial charge in [-0.25, -0.2) is 9.78 Å². The van der Waals surface area contributed by atoms with Crippen LogP contribution in [0.5, 0.6) is 11.5 Å².